The smallest absolute Gasteiger partial charge is 0.311 e. The number of rotatable bonds is 7. The number of hydrogen-bond donors (Lipinski definition) is 2. The fraction of sp³-hybridized carbons (Fsp3) is 0.885. The normalized spacial score (nSPS) is 37.0. The molecule has 0 spiro atoms. The molecule has 0 unspecified atom stereocenters. The summed E-state index contributed by atoms with van der Waals surface area (Å²) in [6.45, 7) is 9.65. The summed E-state index contributed by atoms with van der Waals surface area (Å²) in [7, 11) is 0. The van der Waals surface area contributed by atoms with Crippen LogP contribution in [0.4, 0.5) is 0 Å². The van der Waals surface area contributed by atoms with Gasteiger partial charge in [0, 0.05) is 31.7 Å². The van der Waals surface area contributed by atoms with Gasteiger partial charge < -0.3 is 19.9 Å². The van der Waals surface area contributed by atoms with Crippen molar-refractivity contribution in [3.63, 3.8) is 0 Å². The highest BCUT2D eigenvalue weighted by molar-refractivity contribution is 5.76. The molecule has 188 valence electrons. The molecule has 0 radical (unpaired) electrons. The van der Waals surface area contributed by atoms with E-state index in [-0.39, 0.29) is 48.4 Å². The molecule has 2 saturated carbocycles. The molecule has 7 nitrogen and oxygen atoms in total. The van der Waals surface area contributed by atoms with Crippen LogP contribution in [-0.4, -0.2) is 47.3 Å². The molecule has 1 heterocycles. The second-order valence-electron chi connectivity index (χ2n) is 11.4. The summed E-state index contributed by atoms with van der Waals surface area (Å²) < 4.78 is 11.7. The molecule has 3 rings (SSSR count). The first kappa shape index (κ1) is 26.0. The number of carbonyl (C=O) groups excluding carboxylic acids is 3. The van der Waals surface area contributed by atoms with Gasteiger partial charge >= 0.3 is 11.9 Å². The van der Waals surface area contributed by atoms with Crippen molar-refractivity contribution in [2.75, 3.05) is 0 Å². The molecule has 3 fully saturated rings. The molecular weight excluding hydrogens is 422 g/mol. The summed E-state index contributed by atoms with van der Waals surface area (Å²) in [5.74, 6) is 0.918. The van der Waals surface area contributed by atoms with Gasteiger partial charge in [-0.25, -0.2) is 0 Å². The second kappa shape index (κ2) is 10.7. The van der Waals surface area contributed by atoms with E-state index in [0.717, 1.165) is 32.1 Å². The Balaban J connectivity index is 1.77. The Bertz CT molecular complexity index is 722. The fourth-order valence-corrected chi connectivity index (χ4v) is 6.23. The van der Waals surface area contributed by atoms with Crippen molar-refractivity contribution in [1.82, 2.24) is 5.32 Å². The number of aliphatic hydroxyl groups excluding tert-OH is 1. The lowest BCUT2D eigenvalue weighted by molar-refractivity contribution is -0.173. The molecule has 2 N–H and O–H groups in total. The van der Waals surface area contributed by atoms with Crippen LogP contribution in [0.25, 0.3) is 0 Å². The minimum atomic E-state index is -0.620. The third-order valence-electron chi connectivity index (χ3n) is 8.46. The summed E-state index contributed by atoms with van der Waals surface area (Å²) in [5.41, 5.74) is -0.543. The maximum Gasteiger partial charge on any atom is 0.311 e. The zero-order valence-electron chi connectivity index (χ0n) is 21.0. The van der Waals surface area contributed by atoms with Crippen molar-refractivity contribution in [2.45, 2.75) is 117 Å². The van der Waals surface area contributed by atoms with Crippen LogP contribution in [0.2, 0.25) is 0 Å². The van der Waals surface area contributed by atoms with Crippen LogP contribution in [-0.2, 0) is 23.9 Å². The first-order chi connectivity index (χ1) is 15.5. The molecule has 1 saturated heterocycles. The zero-order chi connectivity index (χ0) is 24.3. The Morgan fingerprint density at radius 2 is 1.91 bits per heavy atom. The summed E-state index contributed by atoms with van der Waals surface area (Å²) >= 11 is 0. The number of aliphatic hydroxyl groups is 1. The molecular formula is C26H43NO6. The van der Waals surface area contributed by atoms with E-state index >= 15 is 0 Å². The zero-order valence-corrected chi connectivity index (χ0v) is 21.0. The first-order valence-electron chi connectivity index (χ1n) is 12.9. The van der Waals surface area contributed by atoms with Gasteiger partial charge in [0.25, 0.3) is 0 Å². The summed E-state index contributed by atoms with van der Waals surface area (Å²) in [5, 5.41) is 13.1. The lowest BCUT2D eigenvalue weighted by Gasteiger charge is -2.50. The van der Waals surface area contributed by atoms with E-state index < -0.39 is 11.5 Å². The Kier molecular flexibility index (Phi) is 8.46. The van der Waals surface area contributed by atoms with Crippen LogP contribution in [0.5, 0.6) is 0 Å². The average Bonchev–Trinajstić information content (AvgIpc) is 2.72. The quantitative estimate of drug-likeness (QED) is 0.555. The predicted molar refractivity (Wildman–Crippen MR) is 124 cm³/mol. The van der Waals surface area contributed by atoms with E-state index in [1.807, 2.05) is 20.8 Å². The van der Waals surface area contributed by atoms with Crippen molar-refractivity contribution in [1.29, 1.82) is 0 Å². The van der Waals surface area contributed by atoms with Crippen LogP contribution in [0.1, 0.15) is 92.4 Å². The van der Waals surface area contributed by atoms with Gasteiger partial charge in [-0.3, -0.25) is 14.4 Å². The first-order valence-corrected chi connectivity index (χ1v) is 12.9. The van der Waals surface area contributed by atoms with Crippen molar-refractivity contribution in [3.05, 3.63) is 0 Å². The highest BCUT2D eigenvalue weighted by Gasteiger charge is 2.48. The fourth-order valence-electron chi connectivity index (χ4n) is 6.23. The summed E-state index contributed by atoms with van der Waals surface area (Å²) in [6.07, 6.45) is 5.51. The van der Waals surface area contributed by atoms with E-state index in [2.05, 4.69) is 12.2 Å². The molecule has 0 bridgehead atoms. The molecule has 0 aromatic heterocycles. The van der Waals surface area contributed by atoms with Crippen molar-refractivity contribution >= 4 is 17.8 Å². The van der Waals surface area contributed by atoms with E-state index in [1.165, 1.54) is 0 Å². The Morgan fingerprint density at radius 3 is 2.55 bits per heavy atom. The number of hydrogen-bond acceptors (Lipinski definition) is 6. The van der Waals surface area contributed by atoms with E-state index in [4.69, 9.17) is 9.47 Å². The Labute approximate surface area is 198 Å². The third kappa shape index (κ3) is 6.49. The Hall–Kier alpha value is -1.63. The number of cyclic esters (lactones) is 1. The van der Waals surface area contributed by atoms with Crippen LogP contribution in [0, 0.1) is 29.1 Å². The number of fused-ring (bicyclic) bond motifs is 1. The van der Waals surface area contributed by atoms with Gasteiger partial charge in [-0.1, -0.05) is 20.3 Å². The number of nitrogens with one attached hydrogen (secondary N) is 1. The van der Waals surface area contributed by atoms with Crippen LogP contribution in [0.15, 0.2) is 0 Å². The monoisotopic (exact) mass is 465 g/mol. The van der Waals surface area contributed by atoms with E-state index in [0.29, 0.717) is 37.0 Å². The number of ether oxygens (including phenoxy) is 2. The van der Waals surface area contributed by atoms with Crippen molar-refractivity contribution < 1.29 is 29.0 Å². The predicted octanol–water partition coefficient (Wildman–Crippen LogP) is 3.76. The highest BCUT2D eigenvalue weighted by atomic mass is 16.6. The number of amides is 1. The largest absolute Gasteiger partial charge is 0.462 e. The van der Waals surface area contributed by atoms with Gasteiger partial charge in [0.2, 0.25) is 5.91 Å². The average molecular weight is 466 g/mol. The Morgan fingerprint density at radius 1 is 1.18 bits per heavy atom. The third-order valence-corrected chi connectivity index (χ3v) is 8.46. The van der Waals surface area contributed by atoms with Crippen molar-refractivity contribution in [3.8, 4) is 0 Å². The lowest BCUT2D eigenvalue weighted by atomic mass is 9.58. The van der Waals surface area contributed by atoms with Crippen LogP contribution < -0.4 is 5.32 Å². The van der Waals surface area contributed by atoms with Gasteiger partial charge in [-0.15, -0.1) is 0 Å². The topological polar surface area (TPSA) is 102 Å². The minimum absolute atomic E-state index is 0.0230. The molecule has 1 aliphatic heterocycles. The lowest BCUT2D eigenvalue weighted by Crippen LogP contribution is -2.53. The molecule has 7 heteroatoms. The molecule has 0 aromatic carbocycles. The number of esters is 2. The van der Waals surface area contributed by atoms with Gasteiger partial charge in [0.1, 0.15) is 12.2 Å². The molecule has 0 aromatic rings. The van der Waals surface area contributed by atoms with Gasteiger partial charge in [0.15, 0.2) is 0 Å². The van der Waals surface area contributed by atoms with Crippen LogP contribution in [0.3, 0.4) is 0 Å². The molecule has 1 amide bonds. The maximum absolute atomic E-state index is 13.0. The highest BCUT2D eigenvalue weighted by Crippen LogP contribution is 2.49. The van der Waals surface area contributed by atoms with Crippen molar-refractivity contribution in [2.24, 2.45) is 29.1 Å². The number of carbonyl (C=O) groups is 3. The standard InChI is InChI=1S/C26H43NO6/c1-6-26(4,5)25(31)33-22-12-18(27-16(3)28)11-17-8-7-15(2)21(24(17)22)10-9-20-13-19(29)14-23(30)32-20/h15,17-22,24,29H,6-14H2,1-5H3,(H,27,28)/t15-,17-,18-,19+,20+,21-,22-,24-/m0/s1. The molecule has 33 heavy (non-hydrogen) atoms. The van der Waals surface area contributed by atoms with Gasteiger partial charge in [-0.05, 0) is 63.7 Å². The minimum Gasteiger partial charge on any atom is -0.462 e. The summed E-state index contributed by atoms with van der Waals surface area (Å²) in [4.78, 5) is 36.6. The SMILES string of the molecule is CCC(C)(C)C(=O)O[C@H]1C[C@@H](NC(C)=O)C[C@@H]2CC[C@H](C)[C@H](CC[C@@H]3C[C@@H](O)CC(=O)O3)[C@H]21. The molecule has 3 aliphatic rings. The summed E-state index contributed by atoms with van der Waals surface area (Å²) in [6, 6.07) is 0.0230. The van der Waals surface area contributed by atoms with Crippen LogP contribution >= 0.6 is 0 Å². The van der Waals surface area contributed by atoms with E-state index in [9.17, 15) is 19.5 Å². The molecule has 8 atom stereocenters. The van der Waals surface area contributed by atoms with Gasteiger partial charge in [0.05, 0.1) is 17.9 Å². The maximum atomic E-state index is 13.0. The molecule has 2 aliphatic carbocycles. The second-order valence-corrected chi connectivity index (χ2v) is 11.4. The van der Waals surface area contributed by atoms with E-state index in [1.54, 1.807) is 6.92 Å². The van der Waals surface area contributed by atoms with Gasteiger partial charge in [-0.2, -0.15) is 0 Å².